The molecule has 7 nitrogen and oxygen atoms in total. The smallest absolute Gasteiger partial charge is 0.274 e. The highest BCUT2D eigenvalue weighted by atomic mass is 19.1. The fraction of sp³-hybridized carbons (Fsp3) is 0.111. The summed E-state index contributed by atoms with van der Waals surface area (Å²) in [5, 5.41) is 18.0. The third-order valence-corrected chi connectivity index (χ3v) is 2.09. The Kier molecular flexibility index (Phi) is 2.79. The summed E-state index contributed by atoms with van der Waals surface area (Å²) in [5.74, 6) is -0.709. The summed E-state index contributed by atoms with van der Waals surface area (Å²) in [6.07, 6.45) is 1.48. The van der Waals surface area contributed by atoms with Crippen LogP contribution in [-0.2, 0) is 6.54 Å². The van der Waals surface area contributed by atoms with Crippen LogP contribution in [0.3, 0.4) is 0 Å². The maximum Gasteiger partial charge on any atom is 0.274 e. The van der Waals surface area contributed by atoms with E-state index in [-0.39, 0.29) is 17.9 Å². The number of nitrogens with two attached hydrogens (primary N) is 1. The summed E-state index contributed by atoms with van der Waals surface area (Å²) in [4.78, 5) is 9.90. The third-order valence-electron chi connectivity index (χ3n) is 2.09. The van der Waals surface area contributed by atoms with Crippen LogP contribution in [0.4, 0.5) is 10.1 Å². The van der Waals surface area contributed by atoms with Crippen LogP contribution in [0.15, 0.2) is 24.4 Å². The van der Waals surface area contributed by atoms with Gasteiger partial charge in [-0.3, -0.25) is 10.1 Å². The Morgan fingerprint density at radius 1 is 1.47 bits per heavy atom. The number of nitro groups is 1. The van der Waals surface area contributed by atoms with Crippen LogP contribution in [0.2, 0.25) is 0 Å². The van der Waals surface area contributed by atoms with Crippen molar-refractivity contribution in [1.29, 1.82) is 0 Å². The van der Waals surface area contributed by atoms with E-state index in [4.69, 9.17) is 5.73 Å². The number of nitrogens with zero attached hydrogens (tertiary/aromatic N) is 4. The zero-order valence-corrected chi connectivity index (χ0v) is 8.58. The summed E-state index contributed by atoms with van der Waals surface area (Å²) in [7, 11) is 0. The molecule has 88 valence electrons. The van der Waals surface area contributed by atoms with Gasteiger partial charge in [-0.2, -0.15) is 0 Å². The van der Waals surface area contributed by atoms with Crippen molar-refractivity contribution in [2.45, 2.75) is 6.54 Å². The van der Waals surface area contributed by atoms with Crippen molar-refractivity contribution in [3.05, 3.63) is 46.0 Å². The second kappa shape index (κ2) is 4.26. The van der Waals surface area contributed by atoms with E-state index in [1.165, 1.54) is 16.9 Å². The number of aromatic nitrogens is 3. The van der Waals surface area contributed by atoms with Crippen LogP contribution in [0.1, 0.15) is 5.69 Å². The number of rotatable bonds is 3. The highest BCUT2D eigenvalue weighted by molar-refractivity contribution is 5.43. The van der Waals surface area contributed by atoms with E-state index in [1.807, 2.05) is 0 Å². The lowest BCUT2D eigenvalue weighted by Gasteiger charge is -2.00. The van der Waals surface area contributed by atoms with Crippen LogP contribution in [-0.4, -0.2) is 19.9 Å². The van der Waals surface area contributed by atoms with Crippen LogP contribution >= 0.6 is 0 Å². The van der Waals surface area contributed by atoms with Gasteiger partial charge >= 0.3 is 0 Å². The number of non-ortho nitro benzene ring substituents is 1. The van der Waals surface area contributed by atoms with E-state index in [2.05, 4.69) is 10.3 Å². The summed E-state index contributed by atoms with van der Waals surface area (Å²) < 4.78 is 14.4. The minimum absolute atomic E-state index is 0.192. The molecular formula is C9H8FN5O2. The predicted octanol–water partition coefficient (Wildman–Crippen LogP) is 0.773. The molecule has 2 rings (SSSR count). The van der Waals surface area contributed by atoms with Gasteiger partial charge in [-0.25, -0.2) is 9.07 Å². The van der Waals surface area contributed by atoms with Gasteiger partial charge in [-0.1, -0.05) is 5.21 Å². The van der Waals surface area contributed by atoms with E-state index >= 15 is 0 Å². The number of benzene rings is 1. The van der Waals surface area contributed by atoms with Crippen molar-refractivity contribution in [3.63, 3.8) is 0 Å². The maximum absolute atomic E-state index is 13.2. The first-order chi connectivity index (χ1) is 8.10. The van der Waals surface area contributed by atoms with Gasteiger partial charge in [0, 0.05) is 18.7 Å². The summed E-state index contributed by atoms with van der Waals surface area (Å²) in [6, 6.07) is 3.17. The molecule has 1 aromatic heterocycles. The lowest BCUT2D eigenvalue weighted by Crippen LogP contribution is -1.98. The van der Waals surface area contributed by atoms with Gasteiger partial charge in [-0.15, -0.1) is 5.10 Å². The fourth-order valence-corrected chi connectivity index (χ4v) is 1.31. The van der Waals surface area contributed by atoms with Gasteiger partial charge in [0.25, 0.3) is 5.69 Å². The van der Waals surface area contributed by atoms with Crippen molar-refractivity contribution >= 4 is 5.69 Å². The van der Waals surface area contributed by atoms with Gasteiger partial charge in [0.15, 0.2) is 0 Å². The van der Waals surface area contributed by atoms with E-state index in [0.717, 1.165) is 12.1 Å². The van der Waals surface area contributed by atoms with Crippen LogP contribution in [0.25, 0.3) is 5.69 Å². The van der Waals surface area contributed by atoms with Gasteiger partial charge < -0.3 is 5.73 Å². The summed E-state index contributed by atoms with van der Waals surface area (Å²) in [6.45, 7) is 0.192. The second-order valence-corrected chi connectivity index (χ2v) is 3.28. The molecule has 0 radical (unpaired) electrons. The predicted molar refractivity (Wildman–Crippen MR) is 55.9 cm³/mol. The van der Waals surface area contributed by atoms with Crippen molar-refractivity contribution in [2.75, 3.05) is 0 Å². The van der Waals surface area contributed by atoms with E-state index in [9.17, 15) is 14.5 Å². The molecule has 0 fully saturated rings. The Hall–Kier alpha value is -2.35. The van der Waals surface area contributed by atoms with Crippen molar-refractivity contribution in [2.24, 2.45) is 5.73 Å². The maximum atomic E-state index is 13.2. The first-order valence-corrected chi connectivity index (χ1v) is 4.67. The number of hydrogen-bond donors (Lipinski definition) is 1. The average Bonchev–Trinajstić information content (AvgIpc) is 2.76. The van der Waals surface area contributed by atoms with Crippen molar-refractivity contribution in [3.8, 4) is 5.69 Å². The van der Waals surface area contributed by atoms with Gasteiger partial charge in [0.1, 0.15) is 5.82 Å². The molecule has 2 aromatic rings. The Balaban J connectivity index is 2.47. The molecule has 0 atom stereocenters. The van der Waals surface area contributed by atoms with E-state index in [0.29, 0.717) is 5.69 Å². The molecule has 17 heavy (non-hydrogen) atoms. The third kappa shape index (κ3) is 2.26. The number of nitro benzene ring substituents is 1. The van der Waals surface area contributed by atoms with Crippen LogP contribution < -0.4 is 5.73 Å². The normalized spacial score (nSPS) is 10.5. The molecule has 0 aliphatic heterocycles. The Bertz CT molecular complexity index is 568. The molecule has 8 heteroatoms. The largest absolute Gasteiger partial charge is 0.325 e. The first kappa shape index (κ1) is 11.1. The van der Waals surface area contributed by atoms with E-state index in [1.54, 1.807) is 0 Å². The SMILES string of the molecule is NCc1cn(-c2cc(F)cc([N+](=O)[O-])c2)nn1. The summed E-state index contributed by atoms with van der Waals surface area (Å²) in [5.41, 5.74) is 5.75. The molecule has 1 aromatic carbocycles. The van der Waals surface area contributed by atoms with Crippen LogP contribution in [0, 0.1) is 15.9 Å². The zero-order valence-electron chi connectivity index (χ0n) is 8.58. The molecule has 0 saturated carbocycles. The van der Waals surface area contributed by atoms with Gasteiger partial charge in [-0.05, 0) is 0 Å². The van der Waals surface area contributed by atoms with Crippen molar-refractivity contribution in [1.82, 2.24) is 15.0 Å². The molecule has 0 unspecified atom stereocenters. The highest BCUT2D eigenvalue weighted by Gasteiger charge is 2.11. The topological polar surface area (TPSA) is 99.9 Å². The molecular weight excluding hydrogens is 229 g/mol. The summed E-state index contributed by atoms with van der Waals surface area (Å²) >= 11 is 0. The van der Waals surface area contributed by atoms with E-state index < -0.39 is 10.7 Å². The monoisotopic (exact) mass is 237 g/mol. The van der Waals surface area contributed by atoms with Gasteiger partial charge in [0.2, 0.25) is 0 Å². The zero-order chi connectivity index (χ0) is 12.4. The molecule has 2 N–H and O–H groups in total. The highest BCUT2D eigenvalue weighted by Crippen LogP contribution is 2.18. The van der Waals surface area contributed by atoms with Crippen molar-refractivity contribution < 1.29 is 9.31 Å². The second-order valence-electron chi connectivity index (χ2n) is 3.28. The molecule has 1 heterocycles. The standard InChI is InChI=1S/C9H8FN5O2/c10-6-1-8(3-9(2-6)15(16)17)14-5-7(4-11)12-13-14/h1-3,5H,4,11H2. The first-order valence-electron chi connectivity index (χ1n) is 4.67. The molecule has 0 bridgehead atoms. The Labute approximate surface area is 94.8 Å². The average molecular weight is 237 g/mol. The quantitative estimate of drug-likeness (QED) is 0.627. The number of hydrogen-bond acceptors (Lipinski definition) is 5. The van der Waals surface area contributed by atoms with Crippen LogP contribution in [0.5, 0.6) is 0 Å². The Morgan fingerprint density at radius 3 is 2.82 bits per heavy atom. The molecule has 0 saturated heterocycles. The minimum Gasteiger partial charge on any atom is -0.325 e. The fourth-order valence-electron chi connectivity index (χ4n) is 1.31. The molecule has 0 spiro atoms. The molecule has 0 amide bonds. The lowest BCUT2D eigenvalue weighted by atomic mass is 10.2. The number of halogens is 1. The van der Waals surface area contributed by atoms with Gasteiger partial charge in [0.05, 0.1) is 28.6 Å². The molecule has 0 aliphatic carbocycles. The Morgan fingerprint density at radius 2 is 2.24 bits per heavy atom. The lowest BCUT2D eigenvalue weighted by molar-refractivity contribution is -0.385. The molecule has 0 aliphatic rings. The minimum atomic E-state index is -0.709.